The predicted molar refractivity (Wildman–Crippen MR) is 89.6 cm³/mol. The summed E-state index contributed by atoms with van der Waals surface area (Å²) in [6.07, 6.45) is 4.71. The highest BCUT2D eigenvalue weighted by molar-refractivity contribution is 9.10. The highest BCUT2D eigenvalue weighted by Crippen LogP contribution is 2.38. The molecule has 0 radical (unpaired) electrons. The molecule has 0 spiro atoms. The summed E-state index contributed by atoms with van der Waals surface area (Å²) in [7, 11) is 0. The van der Waals surface area contributed by atoms with Crippen molar-refractivity contribution in [1.29, 1.82) is 0 Å². The van der Waals surface area contributed by atoms with Gasteiger partial charge < -0.3 is 5.32 Å². The predicted octanol–water partition coefficient (Wildman–Crippen LogP) is 5.37. The summed E-state index contributed by atoms with van der Waals surface area (Å²) in [6, 6.07) is 5.66. The van der Waals surface area contributed by atoms with Gasteiger partial charge in [0.05, 0.1) is 9.40 Å². The molecule has 1 aliphatic carbocycles. The molecule has 1 aromatic carbocycles. The lowest BCUT2D eigenvalue weighted by Gasteiger charge is -2.37. The van der Waals surface area contributed by atoms with Crippen LogP contribution in [0.2, 0.25) is 0 Å². The monoisotopic (exact) mass is 354 g/mol. The number of hydrogen-bond donors (Lipinski definition) is 1. The first-order chi connectivity index (χ1) is 9.77. The van der Waals surface area contributed by atoms with E-state index in [9.17, 15) is 10.1 Å². The lowest BCUT2D eigenvalue weighted by molar-refractivity contribution is -0.385. The molecule has 0 bridgehead atoms. The zero-order chi connectivity index (χ0) is 15.6. The van der Waals surface area contributed by atoms with Crippen LogP contribution in [0.4, 0.5) is 11.4 Å². The number of nitro benzene ring substituents is 1. The molecule has 2 rings (SSSR count). The second-order valence-electron chi connectivity index (χ2n) is 6.98. The minimum atomic E-state index is -0.355. The third-order valence-electron chi connectivity index (χ3n) is 4.47. The molecule has 0 aliphatic heterocycles. The summed E-state index contributed by atoms with van der Waals surface area (Å²) in [5.74, 6) is 0.773. The summed E-state index contributed by atoms with van der Waals surface area (Å²) in [5, 5.41) is 14.4. The van der Waals surface area contributed by atoms with Crippen molar-refractivity contribution in [2.45, 2.75) is 52.5 Å². The van der Waals surface area contributed by atoms with Crippen LogP contribution < -0.4 is 5.32 Å². The van der Waals surface area contributed by atoms with Gasteiger partial charge in [0.15, 0.2) is 0 Å². The van der Waals surface area contributed by atoms with Crippen molar-refractivity contribution in [1.82, 2.24) is 0 Å². The summed E-state index contributed by atoms with van der Waals surface area (Å²) in [6.45, 7) is 6.93. The fraction of sp³-hybridized carbons (Fsp3) is 0.625. The topological polar surface area (TPSA) is 55.2 Å². The quantitative estimate of drug-likeness (QED) is 0.585. The molecule has 116 valence electrons. The van der Waals surface area contributed by atoms with Crippen LogP contribution in [-0.4, -0.2) is 11.0 Å². The Hall–Kier alpha value is -1.10. The van der Waals surface area contributed by atoms with E-state index in [1.54, 1.807) is 12.1 Å². The maximum Gasteiger partial charge on any atom is 0.285 e. The minimum absolute atomic E-state index is 0.114. The molecule has 5 heteroatoms. The van der Waals surface area contributed by atoms with Gasteiger partial charge in [-0.05, 0) is 65.1 Å². The molecule has 0 aromatic heterocycles. The molecule has 0 heterocycles. The minimum Gasteiger partial charge on any atom is -0.382 e. The van der Waals surface area contributed by atoms with E-state index in [1.165, 1.54) is 12.8 Å². The molecule has 1 aromatic rings. The van der Waals surface area contributed by atoms with Gasteiger partial charge in [-0.1, -0.05) is 20.8 Å². The number of nitro groups is 1. The zero-order valence-electron chi connectivity index (χ0n) is 12.9. The summed E-state index contributed by atoms with van der Waals surface area (Å²) < 4.78 is 0.523. The number of rotatable bonds is 3. The molecule has 0 amide bonds. The molecule has 1 saturated carbocycles. The highest BCUT2D eigenvalue weighted by atomic mass is 79.9. The zero-order valence-corrected chi connectivity index (χ0v) is 14.4. The maximum absolute atomic E-state index is 11.0. The standard InChI is InChI=1S/C16H23BrN2O2/c1-16(2,3)11-4-6-12(7-5-11)18-13-8-9-14(17)15(10-13)19(20)21/h8-12,18H,4-7H2,1-3H3. The first kappa shape index (κ1) is 16.3. The summed E-state index contributed by atoms with van der Waals surface area (Å²) >= 11 is 3.22. The van der Waals surface area contributed by atoms with Crippen LogP contribution in [0.15, 0.2) is 22.7 Å². The Morgan fingerprint density at radius 3 is 2.38 bits per heavy atom. The normalized spacial score (nSPS) is 22.9. The van der Waals surface area contributed by atoms with Gasteiger partial charge in [0.1, 0.15) is 0 Å². The first-order valence-corrected chi connectivity index (χ1v) is 8.27. The fourth-order valence-electron chi connectivity index (χ4n) is 3.08. The molecular weight excluding hydrogens is 332 g/mol. The molecule has 4 nitrogen and oxygen atoms in total. The molecule has 1 aliphatic rings. The molecular formula is C16H23BrN2O2. The van der Waals surface area contributed by atoms with E-state index >= 15 is 0 Å². The molecule has 1 N–H and O–H groups in total. The Morgan fingerprint density at radius 2 is 1.86 bits per heavy atom. The number of halogens is 1. The SMILES string of the molecule is CC(C)(C)C1CCC(Nc2ccc(Br)c([N+](=O)[O-])c2)CC1. The Bertz CT molecular complexity index is 517. The van der Waals surface area contributed by atoms with Gasteiger partial charge in [0.25, 0.3) is 5.69 Å². The van der Waals surface area contributed by atoms with Gasteiger partial charge in [-0.3, -0.25) is 10.1 Å². The second kappa shape index (κ2) is 6.34. The van der Waals surface area contributed by atoms with Crippen LogP contribution in [0.25, 0.3) is 0 Å². The van der Waals surface area contributed by atoms with Gasteiger partial charge >= 0.3 is 0 Å². The number of anilines is 1. The Morgan fingerprint density at radius 1 is 1.24 bits per heavy atom. The largest absolute Gasteiger partial charge is 0.382 e. The van der Waals surface area contributed by atoms with E-state index in [4.69, 9.17) is 0 Å². The number of nitrogens with zero attached hydrogens (tertiary/aromatic N) is 1. The fourth-order valence-corrected chi connectivity index (χ4v) is 3.47. The van der Waals surface area contributed by atoms with Gasteiger partial charge in [0.2, 0.25) is 0 Å². The van der Waals surface area contributed by atoms with Crippen molar-refractivity contribution in [3.8, 4) is 0 Å². The van der Waals surface area contributed by atoms with Crippen LogP contribution in [0.1, 0.15) is 46.5 Å². The number of nitrogens with one attached hydrogen (secondary N) is 1. The smallest absolute Gasteiger partial charge is 0.285 e. The van der Waals surface area contributed by atoms with Crippen molar-refractivity contribution in [3.05, 3.63) is 32.8 Å². The third-order valence-corrected chi connectivity index (χ3v) is 5.14. The van der Waals surface area contributed by atoms with E-state index < -0.39 is 0 Å². The van der Waals surface area contributed by atoms with E-state index in [1.807, 2.05) is 6.07 Å². The van der Waals surface area contributed by atoms with Crippen LogP contribution >= 0.6 is 15.9 Å². The van der Waals surface area contributed by atoms with Crippen LogP contribution in [0.5, 0.6) is 0 Å². The average Bonchev–Trinajstić information content (AvgIpc) is 2.40. The van der Waals surface area contributed by atoms with Crippen molar-refractivity contribution in [3.63, 3.8) is 0 Å². The third kappa shape index (κ3) is 4.19. The number of benzene rings is 1. The van der Waals surface area contributed by atoms with Gasteiger partial charge in [-0.2, -0.15) is 0 Å². The molecule has 0 saturated heterocycles. The van der Waals surface area contributed by atoms with E-state index in [2.05, 4.69) is 42.0 Å². The molecule has 0 atom stereocenters. The summed E-state index contributed by atoms with van der Waals surface area (Å²) in [4.78, 5) is 10.6. The van der Waals surface area contributed by atoms with Gasteiger partial charge in [0, 0.05) is 17.8 Å². The summed E-state index contributed by atoms with van der Waals surface area (Å²) in [5.41, 5.74) is 1.33. The maximum atomic E-state index is 11.0. The van der Waals surface area contributed by atoms with E-state index in [0.717, 1.165) is 24.4 Å². The van der Waals surface area contributed by atoms with Crippen LogP contribution in [0, 0.1) is 21.4 Å². The van der Waals surface area contributed by atoms with Crippen molar-refractivity contribution in [2.24, 2.45) is 11.3 Å². The first-order valence-electron chi connectivity index (χ1n) is 7.48. The Kier molecular flexibility index (Phi) is 4.91. The average molecular weight is 355 g/mol. The molecule has 21 heavy (non-hydrogen) atoms. The van der Waals surface area contributed by atoms with E-state index in [-0.39, 0.29) is 10.6 Å². The lowest BCUT2D eigenvalue weighted by atomic mass is 9.71. The van der Waals surface area contributed by atoms with Gasteiger partial charge in [-0.25, -0.2) is 0 Å². The number of hydrogen-bond acceptors (Lipinski definition) is 3. The van der Waals surface area contributed by atoms with Gasteiger partial charge in [-0.15, -0.1) is 0 Å². The van der Waals surface area contributed by atoms with Crippen molar-refractivity contribution < 1.29 is 4.92 Å². The van der Waals surface area contributed by atoms with Crippen molar-refractivity contribution >= 4 is 27.3 Å². The van der Waals surface area contributed by atoms with Crippen LogP contribution in [0.3, 0.4) is 0 Å². The second-order valence-corrected chi connectivity index (χ2v) is 7.84. The van der Waals surface area contributed by atoms with Crippen LogP contribution in [-0.2, 0) is 0 Å². The van der Waals surface area contributed by atoms with Crippen molar-refractivity contribution in [2.75, 3.05) is 5.32 Å². The molecule has 0 unspecified atom stereocenters. The Labute approximate surface area is 134 Å². The van der Waals surface area contributed by atoms with E-state index in [0.29, 0.717) is 15.9 Å². The highest BCUT2D eigenvalue weighted by Gasteiger charge is 2.29. The molecule has 1 fully saturated rings. The Balaban J connectivity index is 1.98. The lowest BCUT2D eigenvalue weighted by Crippen LogP contribution is -2.31.